The number of nitrogens with one attached hydrogen (secondary N) is 1. The Balaban J connectivity index is 1.45. The predicted molar refractivity (Wildman–Crippen MR) is 90.2 cm³/mol. The third kappa shape index (κ3) is 5.20. The Hall–Kier alpha value is -0.710. The Morgan fingerprint density at radius 3 is 3.00 bits per heavy atom. The second-order valence-electron chi connectivity index (χ2n) is 5.92. The normalized spacial score (nSPS) is 20.2. The average molecular weight is 306 g/mol. The first kappa shape index (κ1) is 15.2. The topological polar surface area (TPSA) is 24.5 Å². The number of para-hydroxylation sites is 1. The van der Waals surface area contributed by atoms with E-state index < -0.39 is 0 Å². The van der Waals surface area contributed by atoms with Gasteiger partial charge in [0.1, 0.15) is 12.4 Å². The number of rotatable bonds is 7. The number of nitrogens with zero attached hydrogens (tertiary/aromatic N) is 1. The zero-order valence-corrected chi connectivity index (χ0v) is 13.5. The number of ether oxygens (including phenoxy) is 1. The van der Waals surface area contributed by atoms with Crippen LogP contribution in [0, 0.1) is 0 Å². The van der Waals surface area contributed by atoms with Gasteiger partial charge in [0.25, 0.3) is 0 Å². The van der Waals surface area contributed by atoms with Gasteiger partial charge in [-0.1, -0.05) is 18.2 Å². The molecular weight excluding hydrogens is 280 g/mol. The molecule has 3 rings (SSSR count). The number of hydrogen-bond donors (Lipinski definition) is 1. The van der Waals surface area contributed by atoms with Crippen LogP contribution in [0.15, 0.2) is 24.3 Å². The summed E-state index contributed by atoms with van der Waals surface area (Å²) < 4.78 is 6.04. The van der Waals surface area contributed by atoms with E-state index in [0.29, 0.717) is 0 Å². The van der Waals surface area contributed by atoms with Crippen LogP contribution in [-0.2, 0) is 6.54 Å². The van der Waals surface area contributed by atoms with E-state index in [1.807, 2.05) is 0 Å². The van der Waals surface area contributed by atoms with Crippen LogP contribution in [0.3, 0.4) is 0 Å². The van der Waals surface area contributed by atoms with Crippen molar-refractivity contribution in [2.24, 2.45) is 0 Å². The quantitative estimate of drug-likeness (QED) is 0.837. The summed E-state index contributed by atoms with van der Waals surface area (Å²) in [6.45, 7) is 5.21. The fourth-order valence-corrected chi connectivity index (χ4v) is 3.56. The molecule has 1 heterocycles. The van der Waals surface area contributed by atoms with Crippen molar-refractivity contribution >= 4 is 11.8 Å². The average Bonchev–Trinajstić information content (AvgIpc) is 3.34. The molecule has 0 bridgehead atoms. The highest BCUT2D eigenvalue weighted by molar-refractivity contribution is 7.99. The van der Waals surface area contributed by atoms with Gasteiger partial charge in [0, 0.05) is 37.0 Å². The van der Waals surface area contributed by atoms with Crippen LogP contribution in [-0.4, -0.2) is 48.7 Å². The lowest BCUT2D eigenvalue weighted by atomic mass is 10.2. The first-order valence-corrected chi connectivity index (χ1v) is 9.31. The Morgan fingerprint density at radius 2 is 2.10 bits per heavy atom. The molecule has 1 N–H and O–H groups in total. The van der Waals surface area contributed by atoms with Gasteiger partial charge in [0.15, 0.2) is 0 Å². The SMILES string of the molecule is c1ccc(OCCN2CCCSCC2)c(CNC2CC2)c1. The van der Waals surface area contributed by atoms with E-state index in [2.05, 4.69) is 46.2 Å². The number of thioether (sulfide) groups is 1. The molecule has 0 atom stereocenters. The fraction of sp³-hybridized carbons (Fsp3) is 0.647. The molecule has 2 aliphatic rings. The van der Waals surface area contributed by atoms with E-state index in [4.69, 9.17) is 4.74 Å². The van der Waals surface area contributed by atoms with Crippen LogP contribution in [0.25, 0.3) is 0 Å². The molecule has 0 spiro atoms. The molecule has 1 aliphatic carbocycles. The summed E-state index contributed by atoms with van der Waals surface area (Å²) in [7, 11) is 0. The lowest BCUT2D eigenvalue weighted by Crippen LogP contribution is -2.30. The van der Waals surface area contributed by atoms with Crippen LogP contribution in [0.4, 0.5) is 0 Å². The summed E-state index contributed by atoms with van der Waals surface area (Å²) >= 11 is 2.08. The molecule has 1 saturated heterocycles. The monoisotopic (exact) mass is 306 g/mol. The van der Waals surface area contributed by atoms with Crippen LogP contribution >= 0.6 is 11.8 Å². The Bertz CT molecular complexity index is 429. The molecule has 0 aromatic heterocycles. The third-order valence-corrected chi connectivity index (χ3v) is 5.16. The molecule has 1 aliphatic heterocycles. The standard InChI is InChI=1S/C17H26N2OS/c1-2-5-17(15(4-1)14-18-16-6-7-16)20-11-9-19-8-3-12-21-13-10-19/h1-2,4-5,16,18H,3,6-14H2. The van der Waals surface area contributed by atoms with Crippen molar-refractivity contribution in [3.8, 4) is 5.75 Å². The van der Waals surface area contributed by atoms with Crippen molar-refractivity contribution in [3.63, 3.8) is 0 Å². The van der Waals surface area contributed by atoms with E-state index in [0.717, 1.165) is 31.5 Å². The van der Waals surface area contributed by atoms with Gasteiger partial charge in [-0.25, -0.2) is 0 Å². The third-order valence-electron chi connectivity index (χ3n) is 4.11. The Kier molecular flexibility index (Phi) is 5.83. The molecule has 21 heavy (non-hydrogen) atoms. The summed E-state index contributed by atoms with van der Waals surface area (Å²) in [4.78, 5) is 2.53. The van der Waals surface area contributed by atoms with Gasteiger partial charge in [0.2, 0.25) is 0 Å². The van der Waals surface area contributed by atoms with Gasteiger partial charge in [-0.05, 0) is 37.6 Å². The first-order valence-electron chi connectivity index (χ1n) is 8.16. The van der Waals surface area contributed by atoms with Crippen molar-refractivity contribution in [2.75, 3.05) is 37.7 Å². The van der Waals surface area contributed by atoms with E-state index in [1.54, 1.807) is 0 Å². The fourth-order valence-electron chi connectivity index (χ4n) is 2.64. The van der Waals surface area contributed by atoms with Crippen molar-refractivity contribution in [1.82, 2.24) is 10.2 Å². The van der Waals surface area contributed by atoms with Crippen molar-refractivity contribution in [2.45, 2.75) is 31.8 Å². The van der Waals surface area contributed by atoms with E-state index in [1.165, 1.54) is 49.4 Å². The number of hydrogen-bond acceptors (Lipinski definition) is 4. The molecule has 2 fully saturated rings. The number of benzene rings is 1. The highest BCUT2D eigenvalue weighted by Gasteiger charge is 2.20. The zero-order chi connectivity index (χ0) is 14.3. The highest BCUT2D eigenvalue weighted by atomic mass is 32.2. The largest absolute Gasteiger partial charge is 0.492 e. The highest BCUT2D eigenvalue weighted by Crippen LogP contribution is 2.22. The van der Waals surface area contributed by atoms with Crippen LogP contribution in [0.1, 0.15) is 24.8 Å². The summed E-state index contributed by atoms with van der Waals surface area (Å²) in [5.74, 6) is 3.63. The minimum atomic E-state index is 0.743. The van der Waals surface area contributed by atoms with Gasteiger partial charge in [0.05, 0.1) is 0 Å². The molecule has 1 saturated carbocycles. The van der Waals surface area contributed by atoms with Crippen molar-refractivity contribution < 1.29 is 4.74 Å². The van der Waals surface area contributed by atoms with Crippen molar-refractivity contribution in [1.29, 1.82) is 0 Å². The summed E-state index contributed by atoms with van der Waals surface area (Å²) in [5, 5.41) is 3.57. The zero-order valence-electron chi connectivity index (χ0n) is 12.7. The Morgan fingerprint density at radius 1 is 1.19 bits per heavy atom. The maximum atomic E-state index is 6.04. The molecule has 4 heteroatoms. The van der Waals surface area contributed by atoms with Crippen LogP contribution < -0.4 is 10.1 Å². The molecule has 0 amide bonds. The van der Waals surface area contributed by atoms with Crippen molar-refractivity contribution in [3.05, 3.63) is 29.8 Å². The molecule has 3 nitrogen and oxygen atoms in total. The predicted octanol–water partition coefficient (Wildman–Crippen LogP) is 2.76. The van der Waals surface area contributed by atoms with Gasteiger partial charge < -0.3 is 10.1 Å². The smallest absolute Gasteiger partial charge is 0.123 e. The second kappa shape index (κ2) is 8.06. The molecule has 0 unspecified atom stereocenters. The molecule has 1 aromatic rings. The minimum absolute atomic E-state index is 0.743. The summed E-state index contributed by atoms with van der Waals surface area (Å²) in [6.07, 6.45) is 3.97. The minimum Gasteiger partial charge on any atom is -0.492 e. The summed E-state index contributed by atoms with van der Waals surface area (Å²) in [5.41, 5.74) is 1.29. The Labute approximate surface area is 132 Å². The second-order valence-corrected chi connectivity index (χ2v) is 7.14. The summed E-state index contributed by atoms with van der Waals surface area (Å²) in [6, 6.07) is 9.18. The molecule has 0 radical (unpaired) electrons. The van der Waals surface area contributed by atoms with E-state index in [9.17, 15) is 0 Å². The van der Waals surface area contributed by atoms with Crippen LogP contribution in [0.5, 0.6) is 5.75 Å². The molecular formula is C17H26N2OS. The molecule has 1 aromatic carbocycles. The maximum absolute atomic E-state index is 6.04. The van der Waals surface area contributed by atoms with Gasteiger partial charge in [-0.3, -0.25) is 4.90 Å². The lowest BCUT2D eigenvalue weighted by Gasteiger charge is -2.20. The van der Waals surface area contributed by atoms with Gasteiger partial charge >= 0.3 is 0 Å². The lowest BCUT2D eigenvalue weighted by molar-refractivity contribution is 0.218. The van der Waals surface area contributed by atoms with E-state index in [-0.39, 0.29) is 0 Å². The van der Waals surface area contributed by atoms with E-state index >= 15 is 0 Å². The maximum Gasteiger partial charge on any atom is 0.123 e. The first-order chi connectivity index (χ1) is 10.4. The van der Waals surface area contributed by atoms with Crippen LogP contribution in [0.2, 0.25) is 0 Å². The molecule has 116 valence electrons. The van der Waals surface area contributed by atoms with Gasteiger partial charge in [-0.15, -0.1) is 0 Å². The van der Waals surface area contributed by atoms with Gasteiger partial charge in [-0.2, -0.15) is 11.8 Å².